The van der Waals surface area contributed by atoms with Crippen molar-refractivity contribution in [2.24, 2.45) is 5.73 Å². The normalized spacial score (nSPS) is 11.1. The van der Waals surface area contributed by atoms with Crippen LogP contribution in [0.5, 0.6) is 0 Å². The van der Waals surface area contributed by atoms with Crippen LogP contribution < -0.4 is 5.73 Å². The lowest BCUT2D eigenvalue weighted by molar-refractivity contribution is 0.0458. The van der Waals surface area contributed by atoms with E-state index in [1.54, 1.807) is 12.4 Å². The molecule has 0 aliphatic rings. The van der Waals surface area contributed by atoms with Gasteiger partial charge in [0.05, 0.1) is 0 Å². The summed E-state index contributed by atoms with van der Waals surface area (Å²) < 4.78 is 6.11. The SMILES string of the molecule is CC(C)(Cc1cnccc1I)OC(N)=O. The third kappa shape index (κ3) is 4.03. The number of nitrogens with zero attached hydrogens (tertiary/aromatic N) is 1. The number of ether oxygens (including phenoxy) is 1. The Morgan fingerprint density at radius 3 is 2.87 bits per heavy atom. The van der Waals surface area contributed by atoms with E-state index in [0.29, 0.717) is 6.42 Å². The monoisotopic (exact) mass is 320 g/mol. The van der Waals surface area contributed by atoms with E-state index in [1.807, 2.05) is 19.9 Å². The molecule has 0 saturated heterocycles. The second kappa shape index (κ2) is 4.78. The number of primary amides is 1. The third-order valence-electron chi connectivity index (χ3n) is 1.84. The average molecular weight is 320 g/mol. The number of aromatic nitrogens is 1. The largest absolute Gasteiger partial charge is 0.443 e. The first-order chi connectivity index (χ1) is 6.91. The van der Waals surface area contributed by atoms with Crippen molar-refractivity contribution >= 4 is 28.7 Å². The van der Waals surface area contributed by atoms with Gasteiger partial charge in [-0.25, -0.2) is 4.79 Å². The lowest BCUT2D eigenvalue weighted by Crippen LogP contribution is -2.33. The van der Waals surface area contributed by atoms with Crippen molar-refractivity contribution in [3.63, 3.8) is 0 Å². The van der Waals surface area contributed by atoms with E-state index < -0.39 is 11.7 Å². The molecule has 5 heteroatoms. The molecule has 82 valence electrons. The van der Waals surface area contributed by atoms with Crippen molar-refractivity contribution < 1.29 is 9.53 Å². The van der Waals surface area contributed by atoms with E-state index in [2.05, 4.69) is 27.6 Å². The minimum absolute atomic E-state index is 0.599. The Bertz CT molecular complexity index is 366. The highest BCUT2D eigenvalue weighted by Gasteiger charge is 2.23. The molecule has 0 unspecified atom stereocenters. The molecular formula is C10H13IN2O2. The lowest BCUT2D eigenvalue weighted by atomic mass is 10.00. The van der Waals surface area contributed by atoms with Crippen LogP contribution in [-0.2, 0) is 11.2 Å². The van der Waals surface area contributed by atoms with Crippen molar-refractivity contribution in [3.05, 3.63) is 27.6 Å². The fourth-order valence-corrected chi connectivity index (χ4v) is 1.80. The number of halogens is 1. The topological polar surface area (TPSA) is 65.2 Å². The van der Waals surface area contributed by atoms with Gasteiger partial charge in [0.15, 0.2) is 0 Å². The van der Waals surface area contributed by atoms with Crippen LogP contribution in [-0.4, -0.2) is 16.7 Å². The van der Waals surface area contributed by atoms with E-state index in [0.717, 1.165) is 9.13 Å². The molecule has 4 nitrogen and oxygen atoms in total. The summed E-state index contributed by atoms with van der Waals surface area (Å²) in [6.45, 7) is 3.64. The standard InChI is InChI=1S/C10H13IN2O2/c1-10(2,15-9(12)14)5-7-6-13-4-3-8(7)11/h3-4,6H,5H2,1-2H3,(H2,12,14). The maximum Gasteiger partial charge on any atom is 0.405 e. The van der Waals surface area contributed by atoms with E-state index >= 15 is 0 Å². The molecule has 0 aliphatic carbocycles. The van der Waals surface area contributed by atoms with Crippen molar-refractivity contribution in [3.8, 4) is 0 Å². The second-order valence-electron chi connectivity index (χ2n) is 3.82. The third-order valence-corrected chi connectivity index (χ3v) is 2.89. The van der Waals surface area contributed by atoms with Gasteiger partial charge in [0.25, 0.3) is 0 Å². The van der Waals surface area contributed by atoms with Gasteiger partial charge in [-0.15, -0.1) is 0 Å². The summed E-state index contributed by atoms with van der Waals surface area (Å²) in [5, 5.41) is 0. The van der Waals surface area contributed by atoms with Crippen LogP contribution in [0.4, 0.5) is 4.79 Å². The molecular weight excluding hydrogens is 307 g/mol. The van der Waals surface area contributed by atoms with Crippen LogP contribution in [0.3, 0.4) is 0 Å². The van der Waals surface area contributed by atoms with E-state index in [-0.39, 0.29) is 0 Å². The first-order valence-electron chi connectivity index (χ1n) is 4.47. The Morgan fingerprint density at radius 1 is 1.67 bits per heavy atom. The number of carbonyl (C=O) groups excluding carboxylic acids is 1. The molecule has 0 aliphatic heterocycles. The van der Waals surface area contributed by atoms with E-state index in [1.165, 1.54) is 0 Å². The molecule has 0 aromatic carbocycles. The first kappa shape index (κ1) is 12.2. The minimum Gasteiger partial charge on any atom is -0.443 e. The zero-order chi connectivity index (χ0) is 11.5. The molecule has 1 heterocycles. The average Bonchev–Trinajstić information content (AvgIpc) is 2.06. The van der Waals surface area contributed by atoms with Gasteiger partial charge in [-0.3, -0.25) is 4.98 Å². The lowest BCUT2D eigenvalue weighted by Gasteiger charge is -2.24. The Labute approximate surface area is 102 Å². The Hall–Kier alpha value is -0.850. The van der Waals surface area contributed by atoms with Crippen LogP contribution in [0.15, 0.2) is 18.5 Å². The predicted octanol–water partition coefficient (Wildman–Crippen LogP) is 2.10. The Kier molecular flexibility index (Phi) is 3.90. The molecule has 0 fully saturated rings. The summed E-state index contributed by atoms with van der Waals surface area (Å²) in [5.41, 5.74) is 5.43. The van der Waals surface area contributed by atoms with Gasteiger partial charge in [0, 0.05) is 22.4 Å². The number of rotatable bonds is 3. The number of nitrogens with two attached hydrogens (primary N) is 1. The molecule has 0 saturated carbocycles. The molecule has 15 heavy (non-hydrogen) atoms. The zero-order valence-corrected chi connectivity index (χ0v) is 10.8. The fourth-order valence-electron chi connectivity index (χ4n) is 1.31. The maximum absolute atomic E-state index is 10.7. The Morgan fingerprint density at radius 2 is 2.33 bits per heavy atom. The van der Waals surface area contributed by atoms with Gasteiger partial charge in [0.1, 0.15) is 5.60 Å². The van der Waals surface area contributed by atoms with Crippen molar-refractivity contribution in [2.75, 3.05) is 0 Å². The highest BCUT2D eigenvalue weighted by atomic mass is 127. The highest BCUT2D eigenvalue weighted by Crippen LogP contribution is 2.20. The summed E-state index contributed by atoms with van der Waals surface area (Å²) in [4.78, 5) is 14.7. The molecule has 0 spiro atoms. The smallest absolute Gasteiger partial charge is 0.405 e. The van der Waals surface area contributed by atoms with Gasteiger partial charge in [-0.2, -0.15) is 0 Å². The Balaban J connectivity index is 2.77. The summed E-state index contributed by atoms with van der Waals surface area (Å²) >= 11 is 2.22. The van der Waals surface area contributed by atoms with Crippen LogP contribution >= 0.6 is 22.6 Å². The molecule has 1 aromatic rings. The summed E-state index contributed by atoms with van der Waals surface area (Å²) in [6, 6.07) is 1.91. The van der Waals surface area contributed by atoms with Crippen LogP contribution in [0.1, 0.15) is 19.4 Å². The summed E-state index contributed by atoms with van der Waals surface area (Å²) in [6.07, 6.45) is 3.35. The molecule has 2 N–H and O–H groups in total. The van der Waals surface area contributed by atoms with E-state index in [4.69, 9.17) is 10.5 Å². The molecule has 0 bridgehead atoms. The minimum atomic E-state index is -0.751. The molecule has 1 amide bonds. The summed E-state index contributed by atoms with van der Waals surface area (Å²) in [7, 11) is 0. The number of pyridine rings is 1. The number of amides is 1. The van der Waals surface area contributed by atoms with Crippen LogP contribution in [0.2, 0.25) is 0 Å². The predicted molar refractivity (Wildman–Crippen MR) is 65.4 cm³/mol. The van der Waals surface area contributed by atoms with Gasteiger partial charge in [-0.1, -0.05) is 0 Å². The number of hydrogen-bond donors (Lipinski definition) is 1. The molecule has 0 radical (unpaired) electrons. The zero-order valence-electron chi connectivity index (χ0n) is 8.66. The molecule has 0 atom stereocenters. The van der Waals surface area contributed by atoms with E-state index in [9.17, 15) is 4.79 Å². The second-order valence-corrected chi connectivity index (χ2v) is 4.99. The van der Waals surface area contributed by atoms with Crippen molar-refractivity contribution in [2.45, 2.75) is 25.9 Å². The van der Waals surface area contributed by atoms with Gasteiger partial charge in [0.2, 0.25) is 0 Å². The first-order valence-corrected chi connectivity index (χ1v) is 5.55. The maximum atomic E-state index is 10.7. The molecule has 1 aromatic heterocycles. The number of carbonyl (C=O) groups is 1. The summed E-state index contributed by atoms with van der Waals surface area (Å²) in [5.74, 6) is 0. The molecule has 1 rings (SSSR count). The van der Waals surface area contributed by atoms with Gasteiger partial charge < -0.3 is 10.5 Å². The van der Waals surface area contributed by atoms with Gasteiger partial charge >= 0.3 is 6.09 Å². The quantitative estimate of drug-likeness (QED) is 0.868. The highest BCUT2D eigenvalue weighted by molar-refractivity contribution is 14.1. The fraction of sp³-hybridized carbons (Fsp3) is 0.400. The number of hydrogen-bond acceptors (Lipinski definition) is 3. The van der Waals surface area contributed by atoms with Crippen molar-refractivity contribution in [1.82, 2.24) is 4.98 Å². The van der Waals surface area contributed by atoms with Gasteiger partial charge in [-0.05, 0) is 48.1 Å². The van der Waals surface area contributed by atoms with Crippen LogP contribution in [0.25, 0.3) is 0 Å². The van der Waals surface area contributed by atoms with Crippen molar-refractivity contribution in [1.29, 1.82) is 0 Å². The van der Waals surface area contributed by atoms with Crippen LogP contribution in [0, 0.1) is 3.57 Å².